The smallest absolute Gasteiger partial charge is 0.323 e. The highest BCUT2D eigenvalue weighted by Crippen LogP contribution is 2.30. The number of carboxylic acid groups (broad SMARTS) is 1. The van der Waals surface area contributed by atoms with Gasteiger partial charge < -0.3 is 14.6 Å². The molecule has 1 N–H and O–H groups in total. The summed E-state index contributed by atoms with van der Waals surface area (Å²) in [6.07, 6.45) is 1.77. The van der Waals surface area contributed by atoms with Gasteiger partial charge >= 0.3 is 5.97 Å². The molecular formula is C18H20N2O3. The fraction of sp³-hybridized carbons (Fsp3) is 0.333. The number of rotatable bonds is 5. The van der Waals surface area contributed by atoms with Crippen molar-refractivity contribution >= 4 is 11.9 Å². The number of carbonyl (C=O) groups excluding carboxylic acids is 1. The number of carboxylic acids is 1. The molecule has 0 unspecified atom stereocenters. The van der Waals surface area contributed by atoms with Crippen LogP contribution in [-0.4, -0.2) is 39.0 Å². The number of carbonyl (C=O) groups is 2. The first-order valence-corrected chi connectivity index (χ1v) is 7.76. The number of amides is 1. The highest BCUT2D eigenvalue weighted by atomic mass is 16.4. The fourth-order valence-corrected chi connectivity index (χ4v) is 3.01. The summed E-state index contributed by atoms with van der Waals surface area (Å²) in [6.45, 7) is 3.62. The monoisotopic (exact) mass is 312 g/mol. The first kappa shape index (κ1) is 15.3. The van der Waals surface area contributed by atoms with Crippen LogP contribution in [0, 0.1) is 13.8 Å². The molecule has 3 rings (SSSR count). The molecule has 0 spiro atoms. The predicted molar refractivity (Wildman–Crippen MR) is 86.9 cm³/mol. The van der Waals surface area contributed by atoms with Gasteiger partial charge in [-0.2, -0.15) is 0 Å². The SMILES string of the molecule is Cc1cc(C(=O)N(CC(=O)O)C2CC2)c(C)n1-c1ccccc1. The van der Waals surface area contributed by atoms with Gasteiger partial charge in [0, 0.05) is 23.1 Å². The van der Waals surface area contributed by atoms with Gasteiger partial charge in [0.25, 0.3) is 5.91 Å². The van der Waals surface area contributed by atoms with Crippen molar-refractivity contribution < 1.29 is 14.7 Å². The Bertz CT molecular complexity index is 745. The van der Waals surface area contributed by atoms with Gasteiger partial charge in [0.2, 0.25) is 0 Å². The lowest BCUT2D eigenvalue weighted by Crippen LogP contribution is -2.37. The van der Waals surface area contributed by atoms with E-state index in [1.807, 2.05) is 54.8 Å². The molecule has 23 heavy (non-hydrogen) atoms. The van der Waals surface area contributed by atoms with E-state index in [-0.39, 0.29) is 18.5 Å². The second-order valence-electron chi connectivity index (χ2n) is 6.01. The molecular weight excluding hydrogens is 292 g/mol. The molecule has 0 bridgehead atoms. The molecule has 1 aliphatic carbocycles. The molecule has 1 amide bonds. The number of aryl methyl sites for hydroxylation is 1. The van der Waals surface area contributed by atoms with Crippen LogP contribution in [0.25, 0.3) is 5.69 Å². The molecule has 120 valence electrons. The van der Waals surface area contributed by atoms with Gasteiger partial charge in [-0.3, -0.25) is 9.59 Å². The average molecular weight is 312 g/mol. The van der Waals surface area contributed by atoms with Crippen LogP contribution in [-0.2, 0) is 4.79 Å². The van der Waals surface area contributed by atoms with Gasteiger partial charge in [-0.05, 0) is 44.9 Å². The Morgan fingerprint density at radius 2 is 1.87 bits per heavy atom. The van der Waals surface area contributed by atoms with Crippen LogP contribution in [0.4, 0.5) is 0 Å². The standard InChI is InChI=1S/C18H20N2O3/c1-12-10-16(13(2)20(12)15-6-4-3-5-7-15)18(23)19(11-17(21)22)14-8-9-14/h3-7,10,14H,8-9,11H2,1-2H3,(H,21,22). The van der Waals surface area contributed by atoms with E-state index in [9.17, 15) is 9.59 Å². The maximum absolute atomic E-state index is 12.8. The van der Waals surface area contributed by atoms with E-state index >= 15 is 0 Å². The maximum Gasteiger partial charge on any atom is 0.323 e. The molecule has 0 aliphatic heterocycles. The lowest BCUT2D eigenvalue weighted by molar-refractivity contribution is -0.137. The van der Waals surface area contributed by atoms with Crippen molar-refractivity contribution in [3.63, 3.8) is 0 Å². The number of aromatic nitrogens is 1. The summed E-state index contributed by atoms with van der Waals surface area (Å²) in [5, 5.41) is 9.06. The number of para-hydroxylation sites is 1. The Morgan fingerprint density at radius 1 is 1.22 bits per heavy atom. The summed E-state index contributed by atoms with van der Waals surface area (Å²) in [5.74, 6) is -1.16. The molecule has 5 nitrogen and oxygen atoms in total. The third-order valence-corrected chi connectivity index (χ3v) is 4.23. The van der Waals surface area contributed by atoms with E-state index in [1.165, 1.54) is 4.90 Å². The summed E-state index contributed by atoms with van der Waals surface area (Å²) >= 11 is 0. The summed E-state index contributed by atoms with van der Waals surface area (Å²) in [5.41, 5.74) is 3.38. The van der Waals surface area contributed by atoms with Gasteiger partial charge in [-0.25, -0.2) is 0 Å². The second-order valence-corrected chi connectivity index (χ2v) is 6.01. The van der Waals surface area contributed by atoms with Crippen LogP contribution in [0.2, 0.25) is 0 Å². The summed E-state index contributed by atoms with van der Waals surface area (Å²) < 4.78 is 2.03. The number of hydrogen-bond acceptors (Lipinski definition) is 2. The van der Waals surface area contributed by atoms with E-state index in [0.29, 0.717) is 5.56 Å². The maximum atomic E-state index is 12.8. The molecule has 1 heterocycles. The summed E-state index contributed by atoms with van der Waals surface area (Å²) in [7, 11) is 0. The molecule has 1 aromatic heterocycles. The third kappa shape index (κ3) is 2.99. The quantitative estimate of drug-likeness (QED) is 0.923. The van der Waals surface area contributed by atoms with E-state index in [4.69, 9.17) is 5.11 Å². The topological polar surface area (TPSA) is 62.5 Å². The van der Waals surface area contributed by atoms with Crippen LogP contribution in [0.15, 0.2) is 36.4 Å². The van der Waals surface area contributed by atoms with Gasteiger partial charge in [-0.15, -0.1) is 0 Å². The Morgan fingerprint density at radius 3 is 2.43 bits per heavy atom. The predicted octanol–water partition coefficient (Wildman–Crippen LogP) is 2.78. The normalized spacial score (nSPS) is 13.8. The molecule has 1 fully saturated rings. The first-order chi connectivity index (χ1) is 11.0. The van der Waals surface area contributed by atoms with Gasteiger partial charge in [0.1, 0.15) is 6.54 Å². The zero-order valence-electron chi connectivity index (χ0n) is 13.3. The van der Waals surface area contributed by atoms with Gasteiger partial charge in [-0.1, -0.05) is 18.2 Å². The van der Waals surface area contributed by atoms with Crippen LogP contribution >= 0.6 is 0 Å². The van der Waals surface area contributed by atoms with Crippen molar-refractivity contribution in [3.8, 4) is 5.69 Å². The number of aliphatic carboxylic acids is 1. The van der Waals surface area contributed by atoms with Crippen LogP contribution < -0.4 is 0 Å². The Balaban J connectivity index is 1.97. The minimum Gasteiger partial charge on any atom is -0.480 e. The Kier molecular flexibility index (Phi) is 3.94. The minimum absolute atomic E-state index is 0.0679. The van der Waals surface area contributed by atoms with E-state index in [1.54, 1.807) is 0 Å². The molecule has 0 atom stereocenters. The molecule has 0 radical (unpaired) electrons. The van der Waals surface area contributed by atoms with Crippen molar-refractivity contribution in [2.45, 2.75) is 32.7 Å². The van der Waals surface area contributed by atoms with Gasteiger partial charge in [0.05, 0.1) is 5.56 Å². The Labute approximate surface area is 135 Å². The minimum atomic E-state index is -0.970. The van der Waals surface area contributed by atoms with Crippen molar-refractivity contribution in [3.05, 3.63) is 53.3 Å². The number of benzene rings is 1. The van der Waals surface area contributed by atoms with Crippen molar-refractivity contribution in [2.75, 3.05) is 6.54 Å². The second kappa shape index (κ2) is 5.91. The van der Waals surface area contributed by atoms with Crippen molar-refractivity contribution in [2.24, 2.45) is 0 Å². The average Bonchev–Trinajstić information content (AvgIpc) is 3.31. The molecule has 1 saturated carbocycles. The highest BCUT2D eigenvalue weighted by Gasteiger charge is 2.35. The largest absolute Gasteiger partial charge is 0.480 e. The number of nitrogens with zero attached hydrogens (tertiary/aromatic N) is 2. The fourth-order valence-electron chi connectivity index (χ4n) is 3.01. The highest BCUT2D eigenvalue weighted by molar-refractivity contribution is 5.97. The first-order valence-electron chi connectivity index (χ1n) is 7.76. The van der Waals surface area contributed by atoms with Crippen LogP contribution in [0.1, 0.15) is 34.6 Å². The van der Waals surface area contributed by atoms with Crippen molar-refractivity contribution in [1.82, 2.24) is 9.47 Å². The van der Waals surface area contributed by atoms with E-state index in [0.717, 1.165) is 29.9 Å². The van der Waals surface area contributed by atoms with Crippen LogP contribution in [0.3, 0.4) is 0 Å². The molecule has 5 heteroatoms. The van der Waals surface area contributed by atoms with E-state index in [2.05, 4.69) is 0 Å². The summed E-state index contributed by atoms with van der Waals surface area (Å²) in [6, 6.07) is 11.8. The third-order valence-electron chi connectivity index (χ3n) is 4.23. The van der Waals surface area contributed by atoms with Gasteiger partial charge in [0.15, 0.2) is 0 Å². The summed E-state index contributed by atoms with van der Waals surface area (Å²) in [4.78, 5) is 25.4. The lowest BCUT2D eigenvalue weighted by Gasteiger charge is -2.20. The van der Waals surface area contributed by atoms with Crippen molar-refractivity contribution in [1.29, 1.82) is 0 Å². The zero-order chi connectivity index (χ0) is 16.6. The molecule has 1 aliphatic rings. The van der Waals surface area contributed by atoms with E-state index < -0.39 is 5.97 Å². The number of hydrogen-bond donors (Lipinski definition) is 1. The zero-order valence-corrected chi connectivity index (χ0v) is 13.3. The Hall–Kier alpha value is -2.56. The lowest BCUT2D eigenvalue weighted by atomic mass is 10.2. The van der Waals surface area contributed by atoms with Crippen LogP contribution in [0.5, 0.6) is 0 Å². The molecule has 0 saturated heterocycles. The molecule has 2 aromatic rings. The molecule has 1 aromatic carbocycles.